The minimum Gasteiger partial charge on any atom is -0.394 e. The lowest BCUT2D eigenvalue weighted by Gasteiger charge is -2.42. The predicted octanol–water partition coefficient (Wildman–Crippen LogP) is 0.233. The zero-order valence-corrected chi connectivity index (χ0v) is 8.61. The van der Waals surface area contributed by atoms with Crippen molar-refractivity contribution in [3.63, 3.8) is 0 Å². The summed E-state index contributed by atoms with van der Waals surface area (Å²) in [5, 5.41) is 13.0. The van der Waals surface area contributed by atoms with Crippen molar-refractivity contribution >= 4 is 11.8 Å². The molecule has 0 spiro atoms. The Balaban J connectivity index is 1.88. The Kier molecular flexibility index (Phi) is 3.14. The van der Waals surface area contributed by atoms with Gasteiger partial charge in [-0.15, -0.1) is 0 Å². The van der Waals surface area contributed by atoms with Crippen molar-refractivity contribution in [2.24, 2.45) is 0 Å². The van der Waals surface area contributed by atoms with Crippen LogP contribution in [0.4, 0.5) is 0 Å². The monoisotopic (exact) mass is 203 g/mol. The molecule has 2 N–H and O–H groups in total. The van der Waals surface area contributed by atoms with Crippen LogP contribution >= 0.6 is 11.8 Å². The third-order valence-corrected chi connectivity index (χ3v) is 4.18. The first-order chi connectivity index (χ1) is 6.35. The highest BCUT2D eigenvalue weighted by Gasteiger charge is 2.35. The predicted molar refractivity (Wildman–Crippen MR) is 54.1 cm³/mol. The molecule has 2 saturated heterocycles. The molecule has 2 rings (SSSR count). The number of rotatable bonds is 3. The van der Waals surface area contributed by atoms with Crippen LogP contribution in [0.5, 0.6) is 0 Å². The molecule has 0 aromatic rings. The van der Waals surface area contributed by atoms with Crippen LogP contribution in [0.15, 0.2) is 0 Å². The molecule has 2 fully saturated rings. The van der Waals surface area contributed by atoms with Gasteiger partial charge in [0.1, 0.15) is 0 Å². The van der Waals surface area contributed by atoms with E-state index in [1.165, 1.54) is 11.5 Å². The molecule has 2 aliphatic rings. The maximum absolute atomic E-state index is 9.39. The van der Waals surface area contributed by atoms with Gasteiger partial charge in [-0.3, -0.25) is 0 Å². The van der Waals surface area contributed by atoms with E-state index in [0.29, 0.717) is 6.04 Å². The van der Waals surface area contributed by atoms with E-state index in [0.717, 1.165) is 26.1 Å². The van der Waals surface area contributed by atoms with Crippen molar-refractivity contribution in [1.29, 1.82) is 0 Å². The van der Waals surface area contributed by atoms with Gasteiger partial charge in [0.2, 0.25) is 0 Å². The Bertz CT molecular complexity index is 167. The largest absolute Gasteiger partial charge is 0.394 e. The van der Waals surface area contributed by atoms with E-state index in [-0.39, 0.29) is 12.1 Å². The molecule has 0 aromatic heterocycles. The summed E-state index contributed by atoms with van der Waals surface area (Å²) >= 11 is 1.97. The lowest BCUT2D eigenvalue weighted by Crippen LogP contribution is -2.59. The average molecular weight is 203 g/mol. The molecule has 13 heavy (non-hydrogen) atoms. The van der Waals surface area contributed by atoms with Gasteiger partial charge in [-0.25, -0.2) is 0 Å². The Labute approximate surface area is 83.2 Å². The summed E-state index contributed by atoms with van der Waals surface area (Å²) in [5.41, 5.74) is -0.0378. The Morgan fingerprint density at radius 2 is 2.08 bits per heavy atom. The summed E-state index contributed by atoms with van der Waals surface area (Å²) in [4.78, 5) is 0. The molecule has 0 unspecified atom stereocenters. The van der Waals surface area contributed by atoms with Gasteiger partial charge in [-0.05, 0) is 12.8 Å². The van der Waals surface area contributed by atoms with Crippen LogP contribution in [0.2, 0.25) is 0 Å². The average Bonchev–Trinajstić information content (AvgIpc) is 2.13. The van der Waals surface area contributed by atoms with Crippen molar-refractivity contribution < 1.29 is 9.84 Å². The smallest absolute Gasteiger partial charge is 0.0615 e. The summed E-state index contributed by atoms with van der Waals surface area (Å²) in [5.74, 6) is 2.39. The highest BCUT2D eigenvalue weighted by Crippen LogP contribution is 2.25. The topological polar surface area (TPSA) is 41.5 Å². The summed E-state index contributed by atoms with van der Waals surface area (Å²) < 4.78 is 5.30. The highest BCUT2D eigenvalue weighted by atomic mass is 32.2. The van der Waals surface area contributed by atoms with Gasteiger partial charge in [0.25, 0.3) is 0 Å². The summed E-state index contributed by atoms with van der Waals surface area (Å²) in [6.45, 7) is 1.82. The first-order valence-corrected chi connectivity index (χ1v) is 6.04. The maximum Gasteiger partial charge on any atom is 0.0615 e. The molecule has 0 amide bonds. The SMILES string of the molecule is OCC1(NC2CSC2)CCOCC1. The van der Waals surface area contributed by atoms with E-state index in [4.69, 9.17) is 4.74 Å². The molecule has 76 valence electrons. The van der Waals surface area contributed by atoms with Crippen LogP contribution in [0.25, 0.3) is 0 Å². The van der Waals surface area contributed by atoms with E-state index < -0.39 is 0 Å². The molecular weight excluding hydrogens is 186 g/mol. The van der Waals surface area contributed by atoms with Gasteiger partial charge in [-0.2, -0.15) is 11.8 Å². The number of aliphatic hydroxyl groups excluding tert-OH is 1. The number of thioether (sulfide) groups is 1. The first-order valence-electron chi connectivity index (χ1n) is 4.89. The Morgan fingerprint density at radius 1 is 1.38 bits per heavy atom. The van der Waals surface area contributed by atoms with Gasteiger partial charge in [0.15, 0.2) is 0 Å². The lowest BCUT2D eigenvalue weighted by molar-refractivity contribution is 0.00839. The Hall–Kier alpha value is 0.230. The molecule has 3 nitrogen and oxygen atoms in total. The standard InChI is InChI=1S/C9H17NO2S/c11-7-9(1-3-12-4-2-9)10-8-5-13-6-8/h8,10-11H,1-7H2. The molecule has 2 aliphatic heterocycles. The van der Waals surface area contributed by atoms with Gasteiger partial charge in [0, 0.05) is 36.3 Å². The van der Waals surface area contributed by atoms with Crippen LogP contribution in [-0.4, -0.2) is 48.0 Å². The maximum atomic E-state index is 9.39. The van der Waals surface area contributed by atoms with Crippen LogP contribution in [0.1, 0.15) is 12.8 Å². The van der Waals surface area contributed by atoms with Crippen molar-refractivity contribution in [1.82, 2.24) is 5.32 Å². The van der Waals surface area contributed by atoms with E-state index in [2.05, 4.69) is 5.32 Å². The number of hydrogen-bond acceptors (Lipinski definition) is 4. The second-order valence-corrected chi connectivity index (χ2v) is 5.00. The molecule has 0 radical (unpaired) electrons. The molecule has 0 bridgehead atoms. The van der Waals surface area contributed by atoms with Gasteiger partial charge in [0.05, 0.1) is 6.61 Å². The molecule has 0 saturated carbocycles. The molecule has 0 atom stereocenters. The van der Waals surface area contributed by atoms with E-state index in [1.54, 1.807) is 0 Å². The fourth-order valence-corrected chi connectivity index (χ4v) is 2.50. The molecule has 2 heterocycles. The molecule has 0 aliphatic carbocycles. The second-order valence-electron chi connectivity index (χ2n) is 3.93. The number of aliphatic hydroxyl groups is 1. The molecule has 4 heteroatoms. The Morgan fingerprint density at radius 3 is 2.54 bits per heavy atom. The van der Waals surface area contributed by atoms with Crippen LogP contribution in [0, 0.1) is 0 Å². The zero-order valence-electron chi connectivity index (χ0n) is 7.79. The minimum absolute atomic E-state index is 0.0378. The summed E-state index contributed by atoms with van der Waals surface area (Å²) in [6.07, 6.45) is 1.90. The van der Waals surface area contributed by atoms with Crippen LogP contribution in [-0.2, 0) is 4.74 Å². The normalized spacial score (nSPS) is 28.4. The van der Waals surface area contributed by atoms with Gasteiger partial charge in [-0.1, -0.05) is 0 Å². The lowest BCUT2D eigenvalue weighted by atomic mass is 9.90. The minimum atomic E-state index is -0.0378. The first kappa shape index (κ1) is 9.77. The van der Waals surface area contributed by atoms with E-state index >= 15 is 0 Å². The van der Waals surface area contributed by atoms with Crippen molar-refractivity contribution in [3.8, 4) is 0 Å². The quantitative estimate of drug-likeness (QED) is 0.689. The van der Waals surface area contributed by atoms with Crippen molar-refractivity contribution in [2.75, 3.05) is 31.3 Å². The van der Waals surface area contributed by atoms with E-state index in [1.807, 2.05) is 11.8 Å². The number of hydrogen-bond donors (Lipinski definition) is 2. The number of ether oxygens (including phenoxy) is 1. The molecule has 0 aromatic carbocycles. The van der Waals surface area contributed by atoms with Gasteiger partial charge >= 0.3 is 0 Å². The fourth-order valence-electron chi connectivity index (χ4n) is 1.86. The number of nitrogens with one attached hydrogen (secondary N) is 1. The summed E-state index contributed by atoms with van der Waals surface area (Å²) in [6, 6.07) is 0.621. The fraction of sp³-hybridized carbons (Fsp3) is 1.00. The van der Waals surface area contributed by atoms with Crippen LogP contribution < -0.4 is 5.32 Å². The highest BCUT2D eigenvalue weighted by molar-refractivity contribution is 8.00. The van der Waals surface area contributed by atoms with Gasteiger partial charge < -0.3 is 15.2 Å². The zero-order chi connectivity index (χ0) is 9.15. The third kappa shape index (κ3) is 2.18. The van der Waals surface area contributed by atoms with Crippen molar-refractivity contribution in [3.05, 3.63) is 0 Å². The summed E-state index contributed by atoms with van der Waals surface area (Å²) in [7, 11) is 0. The van der Waals surface area contributed by atoms with E-state index in [9.17, 15) is 5.11 Å². The second kappa shape index (κ2) is 4.17. The molecular formula is C9H17NO2S. The van der Waals surface area contributed by atoms with Crippen LogP contribution in [0.3, 0.4) is 0 Å². The third-order valence-electron chi connectivity index (χ3n) is 2.90. The van der Waals surface area contributed by atoms with Crippen molar-refractivity contribution in [2.45, 2.75) is 24.4 Å².